The first-order chi connectivity index (χ1) is 12.1. The number of nitrogens with one attached hydrogen (secondary N) is 1. The molecule has 130 valence electrons. The fraction of sp³-hybridized carbons (Fsp3) is 0.389. The van der Waals surface area contributed by atoms with Gasteiger partial charge in [0.15, 0.2) is 0 Å². The van der Waals surface area contributed by atoms with E-state index < -0.39 is 0 Å². The predicted molar refractivity (Wildman–Crippen MR) is 96.5 cm³/mol. The van der Waals surface area contributed by atoms with Gasteiger partial charge in [-0.15, -0.1) is 0 Å². The topological polar surface area (TPSA) is 68.1 Å². The van der Waals surface area contributed by atoms with Crippen LogP contribution < -0.4 is 15.1 Å². The molecule has 6 nitrogen and oxygen atoms in total. The highest BCUT2D eigenvalue weighted by Crippen LogP contribution is 2.24. The fourth-order valence-corrected chi connectivity index (χ4v) is 2.99. The van der Waals surface area contributed by atoms with E-state index in [9.17, 15) is 9.65 Å². The molecule has 0 saturated carbocycles. The molecule has 3 rings (SSSR count). The van der Waals surface area contributed by atoms with Gasteiger partial charge in [-0.1, -0.05) is 0 Å². The zero-order chi connectivity index (χ0) is 17.8. The van der Waals surface area contributed by atoms with E-state index in [1.807, 2.05) is 19.9 Å². The molecule has 1 aliphatic heterocycles. The number of halogens is 1. The molecule has 1 aliphatic rings. The molecule has 1 aromatic carbocycles. The lowest BCUT2D eigenvalue weighted by molar-refractivity contribution is 0.622. The average molecular weight is 340 g/mol. The van der Waals surface area contributed by atoms with Crippen LogP contribution in [0.25, 0.3) is 0 Å². The van der Waals surface area contributed by atoms with E-state index in [-0.39, 0.29) is 5.82 Å². The van der Waals surface area contributed by atoms with Gasteiger partial charge in [0.25, 0.3) is 0 Å². The molecule has 1 N–H and O–H groups in total. The zero-order valence-electron chi connectivity index (χ0n) is 14.5. The Kier molecular flexibility index (Phi) is 4.98. The zero-order valence-corrected chi connectivity index (χ0v) is 14.5. The SMILES string of the molecule is CCNc1cc(C)nc(N2CCN(c3ccc(F)cc3C#N)CC2)n1. The van der Waals surface area contributed by atoms with Gasteiger partial charge in [-0.3, -0.25) is 0 Å². The normalized spacial score (nSPS) is 14.3. The van der Waals surface area contributed by atoms with Crippen molar-refractivity contribution in [2.24, 2.45) is 0 Å². The largest absolute Gasteiger partial charge is 0.370 e. The molecule has 0 unspecified atom stereocenters. The second-order valence-electron chi connectivity index (χ2n) is 5.97. The lowest BCUT2D eigenvalue weighted by Gasteiger charge is -2.36. The van der Waals surface area contributed by atoms with Crippen molar-refractivity contribution in [2.45, 2.75) is 13.8 Å². The molecule has 0 radical (unpaired) electrons. The average Bonchev–Trinajstić information content (AvgIpc) is 2.61. The molecule has 0 bridgehead atoms. The molecule has 2 heterocycles. The van der Waals surface area contributed by atoms with Crippen LogP contribution in [0.4, 0.5) is 21.8 Å². The maximum absolute atomic E-state index is 13.3. The molecule has 1 saturated heterocycles. The number of nitrogens with zero attached hydrogens (tertiary/aromatic N) is 5. The van der Waals surface area contributed by atoms with E-state index in [1.54, 1.807) is 6.07 Å². The van der Waals surface area contributed by atoms with E-state index >= 15 is 0 Å². The van der Waals surface area contributed by atoms with Crippen molar-refractivity contribution in [1.82, 2.24) is 9.97 Å². The summed E-state index contributed by atoms with van der Waals surface area (Å²) in [5.74, 6) is 1.16. The van der Waals surface area contributed by atoms with Crippen molar-refractivity contribution in [1.29, 1.82) is 5.26 Å². The van der Waals surface area contributed by atoms with E-state index in [0.29, 0.717) is 5.56 Å². The van der Waals surface area contributed by atoms with E-state index in [0.717, 1.165) is 55.9 Å². The van der Waals surface area contributed by atoms with Crippen molar-refractivity contribution in [2.75, 3.05) is 47.8 Å². The van der Waals surface area contributed by atoms with Crippen LogP contribution >= 0.6 is 0 Å². The Labute approximate surface area is 146 Å². The highest BCUT2D eigenvalue weighted by atomic mass is 19.1. The number of hydrogen-bond acceptors (Lipinski definition) is 6. The Balaban J connectivity index is 1.73. The summed E-state index contributed by atoms with van der Waals surface area (Å²) in [5, 5.41) is 12.5. The monoisotopic (exact) mass is 340 g/mol. The number of benzene rings is 1. The lowest BCUT2D eigenvalue weighted by Crippen LogP contribution is -2.47. The van der Waals surface area contributed by atoms with Crippen LogP contribution in [0.1, 0.15) is 18.2 Å². The molecule has 0 atom stereocenters. The number of hydrogen-bond donors (Lipinski definition) is 1. The van der Waals surface area contributed by atoms with Crippen molar-refractivity contribution in [3.63, 3.8) is 0 Å². The quantitative estimate of drug-likeness (QED) is 0.922. The summed E-state index contributed by atoms with van der Waals surface area (Å²) in [4.78, 5) is 13.4. The minimum absolute atomic E-state index is 0.370. The summed E-state index contributed by atoms with van der Waals surface area (Å²) in [7, 11) is 0. The Hall–Kier alpha value is -2.88. The van der Waals surface area contributed by atoms with Gasteiger partial charge in [-0.2, -0.15) is 10.2 Å². The van der Waals surface area contributed by atoms with Gasteiger partial charge >= 0.3 is 0 Å². The first-order valence-corrected chi connectivity index (χ1v) is 8.40. The van der Waals surface area contributed by atoms with Crippen LogP contribution in [0.2, 0.25) is 0 Å². The van der Waals surface area contributed by atoms with Crippen LogP contribution in [-0.4, -0.2) is 42.7 Å². The van der Waals surface area contributed by atoms with Crippen LogP contribution in [0, 0.1) is 24.1 Å². The third-order valence-corrected chi connectivity index (χ3v) is 4.18. The first-order valence-electron chi connectivity index (χ1n) is 8.40. The maximum Gasteiger partial charge on any atom is 0.227 e. The maximum atomic E-state index is 13.3. The van der Waals surface area contributed by atoms with E-state index in [4.69, 9.17) is 0 Å². The number of aryl methyl sites for hydroxylation is 1. The smallest absolute Gasteiger partial charge is 0.227 e. The Morgan fingerprint density at radius 1 is 1.16 bits per heavy atom. The molecule has 1 fully saturated rings. The molecule has 2 aromatic rings. The minimum Gasteiger partial charge on any atom is -0.370 e. The molecule has 7 heteroatoms. The highest BCUT2D eigenvalue weighted by molar-refractivity contribution is 5.60. The summed E-state index contributed by atoms with van der Waals surface area (Å²) < 4.78 is 13.3. The van der Waals surface area contributed by atoms with Crippen molar-refractivity contribution in [3.8, 4) is 6.07 Å². The Bertz CT molecular complexity index is 793. The summed E-state index contributed by atoms with van der Waals surface area (Å²) in [5.41, 5.74) is 2.07. The van der Waals surface area contributed by atoms with E-state index in [1.165, 1.54) is 12.1 Å². The third kappa shape index (κ3) is 3.79. The summed E-state index contributed by atoms with van der Waals surface area (Å²) in [6.45, 7) is 7.76. The van der Waals surface area contributed by atoms with Crippen molar-refractivity contribution >= 4 is 17.5 Å². The summed E-state index contributed by atoms with van der Waals surface area (Å²) >= 11 is 0. The number of rotatable bonds is 4. The predicted octanol–water partition coefficient (Wildman–Crippen LogP) is 2.55. The van der Waals surface area contributed by atoms with Gasteiger partial charge in [-0.05, 0) is 32.0 Å². The van der Waals surface area contributed by atoms with Gasteiger partial charge in [0, 0.05) is 44.5 Å². The molecule has 0 amide bonds. The molecule has 0 spiro atoms. The lowest BCUT2D eigenvalue weighted by atomic mass is 10.1. The van der Waals surface area contributed by atoms with Crippen LogP contribution in [-0.2, 0) is 0 Å². The Morgan fingerprint density at radius 2 is 1.88 bits per heavy atom. The molecule has 25 heavy (non-hydrogen) atoms. The fourth-order valence-electron chi connectivity index (χ4n) is 2.99. The van der Waals surface area contributed by atoms with Gasteiger partial charge in [0.1, 0.15) is 17.7 Å². The summed E-state index contributed by atoms with van der Waals surface area (Å²) in [6, 6.07) is 8.37. The number of piperazine rings is 1. The van der Waals surface area contributed by atoms with Gasteiger partial charge in [0.2, 0.25) is 5.95 Å². The first kappa shape index (κ1) is 17.0. The van der Waals surface area contributed by atoms with E-state index in [2.05, 4.69) is 31.2 Å². The van der Waals surface area contributed by atoms with Crippen LogP contribution in [0.3, 0.4) is 0 Å². The minimum atomic E-state index is -0.386. The number of anilines is 3. The number of nitriles is 1. The van der Waals surface area contributed by atoms with Crippen LogP contribution in [0.5, 0.6) is 0 Å². The number of aromatic nitrogens is 2. The molecule has 1 aromatic heterocycles. The van der Waals surface area contributed by atoms with Crippen LogP contribution in [0.15, 0.2) is 24.3 Å². The van der Waals surface area contributed by atoms with Crippen molar-refractivity contribution < 1.29 is 4.39 Å². The summed E-state index contributed by atoms with van der Waals surface area (Å²) in [6.07, 6.45) is 0. The second-order valence-corrected chi connectivity index (χ2v) is 5.97. The molecular formula is C18H21FN6. The third-order valence-electron chi connectivity index (χ3n) is 4.18. The second kappa shape index (κ2) is 7.34. The van der Waals surface area contributed by atoms with Gasteiger partial charge in [0.05, 0.1) is 11.3 Å². The molecular weight excluding hydrogens is 319 g/mol. The highest BCUT2D eigenvalue weighted by Gasteiger charge is 2.21. The van der Waals surface area contributed by atoms with Gasteiger partial charge in [-0.25, -0.2) is 9.37 Å². The van der Waals surface area contributed by atoms with Gasteiger partial charge < -0.3 is 15.1 Å². The standard InChI is InChI=1S/C18H21FN6/c1-3-21-17-10-13(2)22-18(23-17)25-8-6-24(7-9-25)16-5-4-15(19)11-14(16)12-20/h4-5,10-11H,3,6-9H2,1-2H3,(H,21,22,23). The Morgan fingerprint density at radius 3 is 2.56 bits per heavy atom. The molecule has 0 aliphatic carbocycles. The van der Waals surface area contributed by atoms with Crippen molar-refractivity contribution in [3.05, 3.63) is 41.3 Å².